The third-order valence-electron chi connectivity index (χ3n) is 3.99. The van der Waals surface area contributed by atoms with Crippen LogP contribution in [-0.4, -0.2) is 25.9 Å². The second-order valence-corrected chi connectivity index (χ2v) is 7.07. The van der Waals surface area contributed by atoms with Gasteiger partial charge in [0.05, 0.1) is 11.5 Å². The number of hydrogen-bond acceptors (Lipinski definition) is 5. The van der Waals surface area contributed by atoms with E-state index in [1.54, 1.807) is 18.4 Å². The van der Waals surface area contributed by atoms with Gasteiger partial charge in [0.2, 0.25) is 11.7 Å². The second kappa shape index (κ2) is 9.23. The van der Waals surface area contributed by atoms with Crippen molar-refractivity contribution >= 4 is 17.7 Å². The molecular formula is C20H22N4O2S. The highest BCUT2D eigenvalue weighted by Gasteiger charge is 2.23. The van der Waals surface area contributed by atoms with Crippen molar-refractivity contribution in [2.24, 2.45) is 0 Å². The molecule has 0 saturated heterocycles. The van der Waals surface area contributed by atoms with E-state index in [4.69, 9.17) is 4.42 Å². The predicted molar refractivity (Wildman–Crippen MR) is 106 cm³/mol. The van der Waals surface area contributed by atoms with E-state index in [1.807, 2.05) is 47.9 Å². The Morgan fingerprint density at radius 1 is 1.30 bits per heavy atom. The molecule has 0 saturated carbocycles. The van der Waals surface area contributed by atoms with Gasteiger partial charge in [-0.1, -0.05) is 55.1 Å². The molecule has 0 aliphatic heterocycles. The summed E-state index contributed by atoms with van der Waals surface area (Å²) in [5.74, 6) is 1.25. The van der Waals surface area contributed by atoms with E-state index in [-0.39, 0.29) is 11.2 Å². The van der Waals surface area contributed by atoms with Gasteiger partial charge in [-0.15, -0.1) is 16.8 Å². The molecular weight excluding hydrogens is 360 g/mol. The Hall–Kier alpha value is -2.80. The molecule has 0 spiro atoms. The van der Waals surface area contributed by atoms with E-state index in [0.29, 0.717) is 36.3 Å². The quantitative estimate of drug-likeness (QED) is 0.449. The summed E-state index contributed by atoms with van der Waals surface area (Å²) in [4.78, 5) is 12.6. The monoisotopic (exact) mass is 382 g/mol. The van der Waals surface area contributed by atoms with Gasteiger partial charge in [-0.25, -0.2) is 0 Å². The van der Waals surface area contributed by atoms with Crippen LogP contribution in [0.15, 0.2) is 71.0 Å². The Balaban J connectivity index is 1.72. The summed E-state index contributed by atoms with van der Waals surface area (Å²) in [5.41, 5.74) is 1.07. The highest BCUT2D eigenvalue weighted by Crippen LogP contribution is 2.28. The van der Waals surface area contributed by atoms with Gasteiger partial charge < -0.3 is 9.73 Å². The molecule has 0 aliphatic rings. The van der Waals surface area contributed by atoms with Crippen LogP contribution in [0, 0.1) is 0 Å². The number of thioether (sulfide) groups is 1. The molecule has 1 unspecified atom stereocenters. The predicted octanol–water partition coefficient (Wildman–Crippen LogP) is 3.91. The van der Waals surface area contributed by atoms with E-state index < -0.39 is 0 Å². The van der Waals surface area contributed by atoms with Gasteiger partial charge in [-0.05, 0) is 24.1 Å². The number of furan rings is 1. The molecule has 7 heteroatoms. The highest BCUT2D eigenvalue weighted by molar-refractivity contribution is 8.00. The molecule has 1 atom stereocenters. The lowest BCUT2D eigenvalue weighted by molar-refractivity contribution is -0.120. The van der Waals surface area contributed by atoms with Crippen LogP contribution in [0.2, 0.25) is 0 Å². The number of carbonyl (C=O) groups is 1. The number of aromatic nitrogens is 3. The minimum atomic E-state index is -0.258. The number of hydrogen-bond donors (Lipinski definition) is 1. The van der Waals surface area contributed by atoms with E-state index in [1.165, 1.54) is 11.8 Å². The summed E-state index contributed by atoms with van der Waals surface area (Å²) in [6, 6.07) is 13.5. The lowest BCUT2D eigenvalue weighted by Gasteiger charge is -2.15. The molecule has 3 rings (SSSR count). The number of nitrogens with one attached hydrogen (secondary N) is 1. The van der Waals surface area contributed by atoms with Crippen molar-refractivity contribution in [1.82, 2.24) is 20.1 Å². The summed E-state index contributed by atoms with van der Waals surface area (Å²) in [6.07, 6.45) is 4.06. The van der Waals surface area contributed by atoms with Gasteiger partial charge in [0.25, 0.3) is 0 Å². The van der Waals surface area contributed by atoms with Crippen molar-refractivity contribution in [3.63, 3.8) is 0 Å². The number of nitrogens with zero attached hydrogens (tertiary/aromatic N) is 3. The van der Waals surface area contributed by atoms with E-state index in [2.05, 4.69) is 22.1 Å². The van der Waals surface area contributed by atoms with E-state index in [0.717, 1.165) is 5.56 Å². The zero-order chi connectivity index (χ0) is 19.1. The molecule has 1 amide bonds. The molecule has 0 bridgehead atoms. The maximum Gasteiger partial charge on any atom is 0.233 e. The standard InChI is InChI=1S/C20H22N4O2S/c1-3-12-24-18(16-11-8-13-26-16)22-23-20(24)27-17(4-2)19(25)21-14-15-9-6-5-7-10-15/h3,5-11,13,17H,1,4,12,14H2,2H3,(H,21,25). The first-order chi connectivity index (χ1) is 13.2. The maximum absolute atomic E-state index is 12.6. The average molecular weight is 382 g/mol. The average Bonchev–Trinajstić information content (AvgIpc) is 3.35. The highest BCUT2D eigenvalue weighted by atomic mass is 32.2. The topological polar surface area (TPSA) is 73.0 Å². The fourth-order valence-electron chi connectivity index (χ4n) is 2.61. The van der Waals surface area contributed by atoms with Crippen molar-refractivity contribution in [3.05, 3.63) is 66.9 Å². The third-order valence-corrected chi connectivity index (χ3v) is 5.34. The molecule has 140 valence electrons. The summed E-state index contributed by atoms with van der Waals surface area (Å²) < 4.78 is 7.35. The lowest BCUT2D eigenvalue weighted by Crippen LogP contribution is -2.32. The van der Waals surface area contributed by atoms with Gasteiger partial charge in [0.1, 0.15) is 0 Å². The summed E-state index contributed by atoms with van der Waals surface area (Å²) >= 11 is 1.40. The number of allylic oxidation sites excluding steroid dienone is 1. The molecule has 3 aromatic rings. The normalized spacial score (nSPS) is 11.9. The molecule has 0 aliphatic carbocycles. The SMILES string of the molecule is C=CCn1c(SC(CC)C(=O)NCc2ccccc2)nnc1-c1ccco1. The molecule has 1 N–H and O–H groups in total. The van der Waals surface area contributed by atoms with Gasteiger partial charge in [-0.3, -0.25) is 9.36 Å². The number of amides is 1. The largest absolute Gasteiger partial charge is 0.461 e. The van der Waals surface area contributed by atoms with Gasteiger partial charge in [0, 0.05) is 13.1 Å². The van der Waals surface area contributed by atoms with E-state index in [9.17, 15) is 4.79 Å². The fourth-order valence-corrected chi connectivity index (χ4v) is 3.59. The first kappa shape index (κ1) is 19.0. The fraction of sp³-hybridized carbons (Fsp3) is 0.250. The molecule has 2 heterocycles. The summed E-state index contributed by atoms with van der Waals surface area (Å²) in [7, 11) is 0. The maximum atomic E-state index is 12.6. The number of carbonyl (C=O) groups excluding carboxylic acids is 1. The van der Waals surface area contributed by atoms with Crippen LogP contribution in [0.3, 0.4) is 0 Å². The zero-order valence-corrected chi connectivity index (χ0v) is 16.0. The summed E-state index contributed by atoms with van der Waals surface area (Å²) in [6.45, 7) is 6.83. The summed E-state index contributed by atoms with van der Waals surface area (Å²) in [5, 5.41) is 11.9. The minimum Gasteiger partial charge on any atom is -0.461 e. The van der Waals surface area contributed by atoms with Crippen LogP contribution >= 0.6 is 11.8 Å². The molecule has 27 heavy (non-hydrogen) atoms. The zero-order valence-electron chi connectivity index (χ0n) is 15.2. The van der Waals surface area contributed by atoms with Crippen molar-refractivity contribution in [2.45, 2.75) is 36.8 Å². The molecule has 2 aromatic heterocycles. The van der Waals surface area contributed by atoms with Crippen molar-refractivity contribution < 1.29 is 9.21 Å². The first-order valence-electron chi connectivity index (χ1n) is 8.79. The van der Waals surface area contributed by atoms with Crippen molar-refractivity contribution in [2.75, 3.05) is 0 Å². The molecule has 6 nitrogen and oxygen atoms in total. The van der Waals surface area contributed by atoms with Crippen molar-refractivity contribution in [1.29, 1.82) is 0 Å². The smallest absolute Gasteiger partial charge is 0.233 e. The van der Waals surface area contributed by atoms with Crippen LogP contribution in [0.4, 0.5) is 0 Å². The third kappa shape index (κ3) is 4.68. The van der Waals surface area contributed by atoms with Crippen LogP contribution in [0.5, 0.6) is 0 Å². The van der Waals surface area contributed by atoms with Gasteiger partial charge in [-0.2, -0.15) is 0 Å². The lowest BCUT2D eigenvalue weighted by atomic mass is 10.2. The first-order valence-corrected chi connectivity index (χ1v) is 9.67. The Morgan fingerprint density at radius 2 is 2.11 bits per heavy atom. The number of rotatable bonds is 9. The Labute approximate surface area is 162 Å². The Kier molecular flexibility index (Phi) is 6.49. The van der Waals surface area contributed by atoms with Crippen LogP contribution in [-0.2, 0) is 17.9 Å². The van der Waals surface area contributed by atoms with E-state index >= 15 is 0 Å². The molecule has 0 fully saturated rings. The second-order valence-electron chi connectivity index (χ2n) is 5.90. The van der Waals surface area contributed by atoms with Crippen LogP contribution < -0.4 is 5.32 Å². The molecule has 0 radical (unpaired) electrons. The van der Waals surface area contributed by atoms with Crippen LogP contribution in [0.25, 0.3) is 11.6 Å². The van der Waals surface area contributed by atoms with Crippen LogP contribution in [0.1, 0.15) is 18.9 Å². The minimum absolute atomic E-state index is 0.0148. The molecule has 1 aromatic carbocycles. The van der Waals surface area contributed by atoms with Gasteiger partial charge in [0.15, 0.2) is 10.9 Å². The Bertz CT molecular complexity index is 875. The Morgan fingerprint density at radius 3 is 2.78 bits per heavy atom. The number of benzene rings is 1. The van der Waals surface area contributed by atoms with Crippen molar-refractivity contribution in [3.8, 4) is 11.6 Å². The van der Waals surface area contributed by atoms with Gasteiger partial charge >= 0.3 is 0 Å².